The van der Waals surface area contributed by atoms with Crippen LogP contribution in [0.1, 0.15) is 51.7 Å². The number of hydrogen-bond donors (Lipinski definition) is 0. The molecular weight excluding hydrogens is 581 g/mol. The van der Waals surface area contributed by atoms with Gasteiger partial charge in [-0.1, -0.05) is 125 Å². The van der Waals surface area contributed by atoms with Crippen LogP contribution >= 0.6 is 0 Å². The highest BCUT2D eigenvalue weighted by Gasteiger charge is 2.38. The van der Waals surface area contributed by atoms with E-state index in [-0.39, 0.29) is 10.8 Å². The largest absolute Gasteiger partial charge is 0.307 e. The van der Waals surface area contributed by atoms with Crippen molar-refractivity contribution in [2.24, 2.45) is 0 Å². The zero-order valence-corrected chi connectivity index (χ0v) is 28.0. The molecule has 0 N–H and O–H groups in total. The van der Waals surface area contributed by atoms with Crippen LogP contribution in [0.15, 0.2) is 133 Å². The average molecular weight is 619 g/mol. The van der Waals surface area contributed by atoms with Gasteiger partial charge in [0.25, 0.3) is 0 Å². The molecule has 0 bridgehead atoms. The molecule has 0 fully saturated rings. The fourth-order valence-electron chi connectivity index (χ4n) is 9.00. The molecule has 10 rings (SSSR count). The summed E-state index contributed by atoms with van der Waals surface area (Å²) in [4.78, 5) is 0. The summed E-state index contributed by atoms with van der Waals surface area (Å²) in [6, 6.07) is 49.8. The normalized spacial score (nSPS) is 15.7. The minimum absolute atomic E-state index is 0.103. The number of hydrogen-bond acceptors (Lipinski definition) is 0. The van der Waals surface area contributed by atoms with E-state index >= 15 is 0 Å². The summed E-state index contributed by atoms with van der Waals surface area (Å²) in [6.07, 6.45) is 2.38. The fourth-order valence-corrected chi connectivity index (χ4v) is 9.00. The molecular formula is C46H38N2. The SMILES string of the molecule is CC1(C)CCC(C)(C)c2cc3c(cc21)c1c2ccccc2c2c4ccccc4n(-c4cccc5ccccc45)c2c1n3-c1ccccc1. The summed E-state index contributed by atoms with van der Waals surface area (Å²) in [7, 11) is 0. The van der Waals surface area contributed by atoms with Crippen LogP contribution in [0.3, 0.4) is 0 Å². The molecule has 0 spiro atoms. The van der Waals surface area contributed by atoms with Gasteiger partial charge in [-0.25, -0.2) is 0 Å². The number of fused-ring (bicyclic) bond motifs is 12. The molecule has 0 aliphatic heterocycles. The second-order valence-corrected chi connectivity index (χ2v) is 15.2. The van der Waals surface area contributed by atoms with Gasteiger partial charge in [0, 0.05) is 32.6 Å². The zero-order valence-electron chi connectivity index (χ0n) is 28.0. The summed E-state index contributed by atoms with van der Waals surface area (Å²) in [6.45, 7) is 9.76. The van der Waals surface area contributed by atoms with Crippen molar-refractivity contribution in [1.82, 2.24) is 9.13 Å². The third-order valence-electron chi connectivity index (χ3n) is 11.5. The van der Waals surface area contributed by atoms with Crippen LogP contribution in [-0.4, -0.2) is 9.13 Å². The number of rotatable bonds is 2. The maximum absolute atomic E-state index is 2.58. The van der Waals surface area contributed by atoms with Crippen molar-refractivity contribution >= 4 is 65.2 Å². The molecule has 2 aromatic heterocycles. The van der Waals surface area contributed by atoms with E-state index in [9.17, 15) is 0 Å². The lowest BCUT2D eigenvalue weighted by atomic mass is 9.63. The fraction of sp³-hybridized carbons (Fsp3) is 0.174. The molecule has 2 heterocycles. The summed E-state index contributed by atoms with van der Waals surface area (Å²) in [5.74, 6) is 0. The summed E-state index contributed by atoms with van der Waals surface area (Å²) < 4.78 is 5.14. The Bertz CT molecular complexity index is 2770. The smallest absolute Gasteiger partial charge is 0.0795 e. The average Bonchev–Trinajstić information content (AvgIpc) is 3.63. The van der Waals surface area contributed by atoms with E-state index in [0.29, 0.717) is 0 Å². The first-order valence-corrected chi connectivity index (χ1v) is 17.3. The molecule has 0 atom stereocenters. The lowest BCUT2D eigenvalue weighted by Crippen LogP contribution is -2.33. The van der Waals surface area contributed by atoms with Crippen molar-refractivity contribution in [3.8, 4) is 11.4 Å². The number of para-hydroxylation sites is 2. The molecule has 0 unspecified atom stereocenters. The van der Waals surface area contributed by atoms with Crippen molar-refractivity contribution in [3.63, 3.8) is 0 Å². The number of benzene rings is 7. The van der Waals surface area contributed by atoms with Crippen LogP contribution in [0, 0.1) is 0 Å². The Morgan fingerprint density at radius 3 is 1.71 bits per heavy atom. The van der Waals surface area contributed by atoms with Gasteiger partial charge in [-0.15, -0.1) is 0 Å². The van der Waals surface area contributed by atoms with E-state index in [1.807, 2.05) is 0 Å². The third kappa shape index (κ3) is 3.63. The van der Waals surface area contributed by atoms with Gasteiger partial charge in [0.1, 0.15) is 0 Å². The monoisotopic (exact) mass is 618 g/mol. The molecule has 9 aromatic rings. The maximum Gasteiger partial charge on any atom is 0.0795 e. The second-order valence-electron chi connectivity index (χ2n) is 15.2. The maximum atomic E-state index is 2.58. The van der Waals surface area contributed by atoms with Gasteiger partial charge in [-0.2, -0.15) is 0 Å². The molecule has 232 valence electrons. The van der Waals surface area contributed by atoms with E-state index < -0.39 is 0 Å². The van der Waals surface area contributed by atoms with E-state index in [1.54, 1.807) is 0 Å². The van der Waals surface area contributed by atoms with Crippen molar-refractivity contribution in [3.05, 3.63) is 145 Å². The molecule has 0 saturated carbocycles. The lowest BCUT2D eigenvalue weighted by molar-refractivity contribution is 0.332. The lowest BCUT2D eigenvalue weighted by Gasteiger charge is -2.42. The highest BCUT2D eigenvalue weighted by Crippen LogP contribution is 2.51. The molecule has 2 heteroatoms. The Balaban J connectivity index is 1.55. The molecule has 0 radical (unpaired) electrons. The minimum Gasteiger partial charge on any atom is -0.307 e. The van der Waals surface area contributed by atoms with Gasteiger partial charge in [0.2, 0.25) is 0 Å². The standard InChI is InChI=1S/C46H38N2/c1-45(2)25-26-46(3,4)37-28-40-35(27-36(37)45)42-33-21-11-10-20-32(33)41-34-22-12-13-23-39(34)48(38-24-14-16-29-15-8-9-19-31(29)38)44(41)43(42)47(40)30-17-6-5-7-18-30/h5-24,27-28H,25-26H2,1-4H3. The van der Waals surface area contributed by atoms with Crippen molar-refractivity contribution in [2.45, 2.75) is 51.4 Å². The Morgan fingerprint density at radius 2 is 0.979 bits per heavy atom. The third-order valence-corrected chi connectivity index (χ3v) is 11.5. The zero-order chi connectivity index (χ0) is 32.4. The molecule has 2 nitrogen and oxygen atoms in total. The molecule has 1 aliphatic rings. The Kier molecular flexibility index (Phi) is 5.55. The van der Waals surface area contributed by atoms with Crippen LogP contribution in [0.2, 0.25) is 0 Å². The minimum atomic E-state index is 0.103. The van der Waals surface area contributed by atoms with Crippen molar-refractivity contribution in [1.29, 1.82) is 0 Å². The Hall–Kier alpha value is -5.34. The first-order chi connectivity index (χ1) is 23.3. The van der Waals surface area contributed by atoms with Crippen molar-refractivity contribution in [2.75, 3.05) is 0 Å². The van der Waals surface area contributed by atoms with Gasteiger partial charge < -0.3 is 9.13 Å². The predicted octanol–water partition coefficient (Wildman–Crippen LogP) is 12.5. The number of nitrogens with zero attached hydrogens (tertiary/aromatic N) is 2. The van der Waals surface area contributed by atoms with Crippen LogP contribution in [0.25, 0.3) is 76.5 Å². The summed E-state index contributed by atoms with van der Waals surface area (Å²) in [5, 5.41) is 10.4. The van der Waals surface area contributed by atoms with Crippen LogP contribution in [0.5, 0.6) is 0 Å². The van der Waals surface area contributed by atoms with Gasteiger partial charge >= 0.3 is 0 Å². The van der Waals surface area contributed by atoms with E-state index in [2.05, 4.69) is 170 Å². The van der Waals surface area contributed by atoms with Crippen LogP contribution < -0.4 is 0 Å². The van der Waals surface area contributed by atoms with E-state index in [1.165, 1.54) is 100 Å². The first kappa shape index (κ1) is 27.7. The van der Waals surface area contributed by atoms with E-state index in [4.69, 9.17) is 0 Å². The molecule has 1 aliphatic carbocycles. The van der Waals surface area contributed by atoms with Gasteiger partial charge in [-0.05, 0) is 87.4 Å². The Morgan fingerprint density at radius 1 is 0.438 bits per heavy atom. The molecule has 0 saturated heterocycles. The first-order valence-electron chi connectivity index (χ1n) is 17.3. The number of aromatic nitrogens is 2. The molecule has 48 heavy (non-hydrogen) atoms. The summed E-state index contributed by atoms with van der Waals surface area (Å²) >= 11 is 0. The second kappa shape index (κ2) is 9.61. The Labute approximate surface area is 280 Å². The van der Waals surface area contributed by atoms with Crippen molar-refractivity contribution < 1.29 is 0 Å². The topological polar surface area (TPSA) is 9.86 Å². The summed E-state index contributed by atoms with van der Waals surface area (Å²) in [5.41, 5.74) is 10.6. The van der Waals surface area contributed by atoms with Crippen LogP contribution in [0.4, 0.5) is 0 Å². The quantitative estimate of drug-likeness (QED) is 0.182. The van der Waals surface area contributed by atoms with E-state index in [0.717, 1.165) is 0 Å². The van der Waals surface area contributed by atoms with Gasteiger partial charge in [-0.3, -0.25) is 0 Å². The highest BCUT2D eigenvalue weighted by atomic mass is 15.0. The van der Waals surface area contributed by atoms with Crippen LogP contribution in [-0.2, 0) is 10.8 Å². The molecule has 0 amide bonds. The highest BCUT2D eigenvalue weighted by molar-refractivity contribution is 6.36. The predicted molar refractivity (Wildman–Crippen MR) is 205 cm³/mol. The van der Waals surface area contributed by atoms with Gasteiger partial charge in [0.05, 0.1) is 27.8 Å². The molecule has 7 aromatic carbocycles. The van der Waals surface area contributed by atoms with Gasteiger partial charge in [0.15, 0.2) is 0 Å².